The lowest BCUT2D eigenvalue weighted by Crippen LogP contribution is -2.45. The Bertz CT molecular complexity index is 1110. The normalized spacial score (nSPS) is 18.6. The molecule has 0 bridgehead atoms. The van der Waals surface area contributed by atoms with Crippen molar-refractivity contribution in [3.63, 3.8) is 0 Å². The second-order valence-electron chi connectivity index (χ2n) is 7.29. The number of aliphatic hydroxyl groups is 1. The Hall–Kier alpha value is -3.33. The van der Waals surface area contributed by atoms with Gasteiger partial charge in [-0.25, -0.2) is 18.2 Å². The van der Waals surface area contributed by atoms with Crippen molar-refractivity contribution in [1.29, 1.82) is 5.26 Å². The first-order valence-corrected chi connectivity index (χ1v) is 9.20. The predicted molar refractivity (Wildman–Crippen MR) is 100 cm³/mol. The maximum atomic E-state index is 14.1. The Labute approximate surface area is 178 Å². The SMILES string of the molecule is Cc1cc(C(F)(F)F)c(C#N)c(N2C[C@@H](O)C[C@H]2C(=O)N(C)c2cc(F)c(F)cc2F)n1. The minimum absolute atomic E-state index is 0.0843. The molecule has 1 amide bonds. The molecule has 0 spiro atoms. The number of benzene rings is 1. The highest BCUT2D eigenvalue weighted by Crippen LogP contribution is 2.38. The monoisotopic (exact) mass is 458 g/mol. The summed E-state index contributed by atoms with van der Waals surface area (Å²) in [5, 5.41) is 19.5. The number of carbonyl (C=O) groups excluding carboxylic acids is 1. The van der Waals surface area contributed by atoms with Crippen molar-refractivity contribution in [3.05, 3.63) is 52.5 Å². The van der Waals surface area contributed by atoms with E-state index in [0.29, 0.717) is 17.0 Å². The Morgan fingerprint density at radius 1 is 1.22 bits per heavy atom. The van der Waals surface area contributed by atoms with Crippen LogP contribution in [0.1, 0.15) is 23.2 Å². The second-order valence-corrected chi connectivity index (χ2v) is 7.29. The Balaban J connectivity index is 2.06. The van der Waals surface area contributed by atoms with Gasteiger partial charge >= 0.3 is 6.18 Å². The van der Waals surface area contributed by atoms with Crippen molar-refractivity contribution in [1.82, 2.24) is 4.98 Å². The Kier molecular flexibility index (Phi) is 6.06. The van der Waals surface area contributed by atoms with Gasteiger partial charge in [-0.3, -0.25) is 4.79 Å². The third kappa shape index (κ3) is 4.20. The minimum atomic E-state index is -4.88. The predicted octanol–water partition coefficient (Wildman–Crippen LogP) is 3.30. The van der Waals surface area contributed by atoms with E-state index >= 15 is 0 Å². The van der Waals surface area contributed by atoms with Gasteiger partial charge in [0, 0.05) is 37.8 Å². The third-order valence-electron chi connectivity index (χ3n) is 5.06. The van der Waals surface area contributed by atoms with E-state index in [4.69, 9.17) is 0 Å². The highest BCUT2D eigenvalue weighted by molar-refractivity contribution is 5.99. The van der Waals surface area contributed by atoms with Crippen LogP contribution in [0.5, 0.6) is 0 Å². The van der Waals surface area contributed by atoms with Crippen LogP contribution in [0.15, 0.2) is 18.2 Å². The average Bonchev–Trinajstić information content (AvgIpc) is 3.09. The third-order valence-corrected chi connectivity index (χ3v) is 5.06. The van der Waals surface area contributed by atoms with Crippen LogP contribution in [-0.2, 0) is 11.0 Å². The molecule has 3 rings (SSSR count). The molecule has 2 aromatic rings. The number of aryl methyl sites for hydroxylation is 1. The summed E-state index contributed by atoms with van der Waals surface area (Å²) in [5.41, 5.74) is -2.78. The van der Waals surface area contributed by atoms with Gasteiger partial charge in [-0.1, -0.05) is 0 Å². The summed E-state index contributed by atoms with van der Waals surface area (Å²) >= 11 is 0. The molecule has 1 aromatic heterocycles. The summed E-state index contributed by atoms with van der Waals surface area (Å²) in [6, 6.07) is 1.51. The van der Waals surface area contributed by atoms with E-state index in [1.54, 1.807) is 0 Å². The molecule has 1 fully saturated rings. The van der Waals surface area contributed by atoms with Crippen LogP contribution in [0.25, 0.3) is 0 Å². The summed E-state index contributed by atoms with van der Waals surface area (Å²) in [6.45, 7) is 0.943. The van der Waals surface area contributed by atoms with E-state index in [1.165, 1.54) is 13.0 Å². The largest absolute Gasteiger partial charge is 0.417 e. The number of pyridine rings is 1. The molecule has 0 saturated carbocycles. The minimum Gasteiger partial charge on any atom is -0.391 e. The van der Waals surface area contributed by atoms with Crippen molar-refractivity contribution in [2.75, 3.05) is 23.4 Å². The number of hydrogen-bond acceptors (Lipinski definition) is 5. The maximum absolute atomic E-state index is 14.1. The fraction of sp³-hybridized carbons (Fsp3) is 0.350. The first-order chi connectivity index (χ1) is 14.8. The molecule has 6 nitrogen and oxygen atoms in total. The quantitative estimate of drug-likeness (QED) is 0.564. The van der Waals surface area contributed by atoms with Gasteiger partial charge in [0.2, 0.25) is 5.91 Å². The molecule has 32 heavy (non-hydrogen) atoms. The first-order valence-electron chi connectivity index (χ1n) is 9.20. The Morgan fingerprint density at radius 2 is 1.84 bits per heavy atom. The van der Waals surface area contributed by atoms with E-state index in [-0.39, 0.29) is 24.7 Å². The lowest BCUT2D eigenvalue weighted by molar-refractivity contribution is -0.137. The molecule has 1 N–H and O–H groups in total. The van der Waals surface area contributed by atoms with Crippen LogP contribution in [0.2, 0.25) is 0 Å². The van der Waals surface area contributed by atoms with E-state index < -0.39 is 64.3 Å². The van der Waals surface area contributed by atoms with Gasteiger partial charge in [-0.15, -0.1) is 0 Å². The number of nitriles is 1. The highest BCUT2D eigenvalue weighted by Gasteiger charge is 2.43. The van der Waals surface area contributed by atoms with Crippen molar-refractivity contribution in [2.24, 2.45) is 0 Å². The van der Waals surface area contributed by atoms with Gasteiger partial charge in [-0.2, -0.15) is 18.4 Å². The molecule has 1 aliphatic heterocycles. The number of likely N-dealkylation sites (N-methyl/N-ethyl adjacent to an activating group) is 1. The molecule has 0 aliphatic carbocycles. The summed E-state index contributed by atoms with van der Waals surface area (Å²) in [6.07, 6.45) is -6.32. The van der Waals surface area contributed by atoms with Crippen LogP contribution in [0.3, 0.4) is 0 Å². The molecule has 1 saturated heterocycles. The molecule has 2 heterocycles. The molecule has 2 atom stereocenters. The average molecular weight is 458 g/mol. The van der Waals surface area contributed by atoms with Crippen molar-refractivity contribution in [3.8, 4) is 6.07 Å². The maximum Gasteiger partial charge on any atom is 0.417 e. The standard InChI is InChI=1S/C20H16F6N4O2/c1-9-3-12(20(24,25)26)11(7-27)18(28-9)30-8-10(31)4-17(30)19(32)29(2)16-6-14(22)13(21)5-15(16)23/h3,5-6,10,17,31H,4,8H2,1-2H3/t10-,17-/m0/s1. The van der Waals surface area contributed by atoms with Gasteiger partial charge in [0.25, 0.3) is 0 Å². The molecule has 1 aliphatic rings. The number of nitrogens with zero attached hydrogens (tertiary/aromatic N) is 4. The van der Waals surface area contributed by atoms with Gasteiger partial charge in [0.05, 0.1) is 17.4 Å². The van der Waals surface area contributed by atoms with Crippen LogP contribution in [0, 0.1) is 35.7 Å². The lowest BCUT2D eigenvalue weighted by Gasteiger charge is -2.30. The number of β-amino-alcohol motifs (C(OH)–C–C–N with tert-alkyl or cyclic N) is 1. The molecule has 170 valence electrons. The van der Waals surface area contributed by atoms with E-state index in [9.17, 15) is 41.5 Å². The zero-order valence-corrected chi connectivity index (χ0v) is 16.7. The van der Waals surface area contributed by atoms with Crippen LogP contribution < -0.4 is 9.80 Å². The van der Waals surface area contributed by atoms with Crippen LogP contribution >= 0.6 is 0 Å². The number of rotatable bonds is 3. The topological polar surface area (TPSA) is 80.5 Å². The van der Waals surface area contributed by atoms with Crippen molar-refractivity contribution >= 4 is 17.4 Å². The molecule has 1 aromatic carbocycles. The lowest BCUT2D eigenvalue weighted by atomic mass is 10.1. The highest BCUT2D eigenvalue weighted by atomic mass is 19.4. The molecule has 0 radical (unpaired) electrons. The zero-order valence-electron chi connectivity index (χ0n) is 16.7. The van der Waals surface area contributed by atoms with Crippen molar-refractivity contribution < 1.29 is 36.2 Å². The van der Waals surface area contributed by atoms with Gasteiger partial charge < -0.3 is 14.9 Å². The number of hydrogen-bond donors (Lipinski definition) is 1. The van der Waals surface area contributed by atoms with E-state index in [2.05, 4.69) is 4.98 Å². The molecular weight excluding hydrogens is 442 g/mol. The number of amides is 1. The number of halogens is 6. The first kappa shape index (κ1) is 23.3. The van der Waals surface area contributed by atoms with Gasteiger partial charge in [0.1, 0.15) is 29.3 Å². The smallest absolute Gasteiger partial charge is 0.391 e. The molecular formula is C20H16F6N4O2. The molecule has 12 heteroatoms. The van der Waals surface area contributed by atoms with E-state index in [0.717, 1.165) is 11.9 Å². The number of aliphatic hydroxyl groups excluding tert-OH is 1. The van der Waals surface area contributed by atoms with Gasteiger partial charge in [-0.05, 0) is 13.0 Å². The van der Waals surface area contributed by atoms with Crippen LogP contribution in [-0.4, -0.2) is 41.7 Å². The van der Waals surface area contributed by atoms with Gasteiger partial charge in [0.15, 0.2) is 11.6 Å². The summed E-state index contributed by atoms with van der Waals surface area (Å²) in [7, 11) is 1.07. The van der Waals surface area contributed by atoms with Crippen LogP contribution in [0.4, 0.5) is 37.8 Å². The van der Waals surface area contributed by atoms with Crippen molar-refractivity contribution in [2.45, 2.75) is 31.7 Å². The second kappa shape index (κ2) is 8.31. The zero-order chi connectivity index (χ0) is 24.0. The number of alkyl halides is 3. The number of aromatic nitrogens is 1. The Morgan fingerprint density at radius 3 is 2.44 bits per heavy atom. The summed E-state index contributed by atoms with van der Waals surface area (Å²) in [5.74, 6) is -5.50. The summed E-state index contributed by atoms with van der Waals surface area (Å²) in [4.78, 5) is 18.7. The molecule has 0 unspecified atom stereocenters. The number of anilines is 2. The number of carbonyl (C=O) groups is 1. The summed E-state index contributed by atoms with van der Waals surface area (Å²) < 4.78 is 81.3. The fourth-order valence-corrected chi connectivity index (χ4v) is 3.59. The van der Waals surface area contributed by atoms with E-state index in [1.807, 2.05) is 0 Å². The fourth-order valence-electron chi connectivity index (χ4n) is 3.59.